The fourth-order valence-electron chi connectivity index (χ4n) is 1.64. The van der Waals surface area contributed by atoms with Gasteiger partial charge in [-0.3, -0.25) is 4.79 Å². The summed E-state index contributed by atoms with van der Waals surface area (Å²) in [4.78, 5) is 23.1. The molecule has 0 fully saturated rings. The van der Waals surface area contributed by atoms with Crippen LogP contribution < -0.4 is 10.1 Å². The van der Waals surface area contributed by atoms with E-state index in [1.807, 2.05) is 0 Å². The van der Waals surface area contributed by atoms with E-state index in [-0.39, 0.29) is 16.5 Å². The number of esters is 1. The molecule has 1 amide bonds. The van der Waals surface area contributed by atoms with Crippen LogP contribution in [0.15, 0.2) is 42.5 Å². The first-order valence-corrected chi connectivity index (χ1v) is 7.11. The standard InChI is InChI=1S/C16H12ClF2NO4/c17-10-1-6-13(19)14(7-10)20-15(21)8-24-16(22)9-23-12-4-2-11(18)3-5-12/h1-7H,8-9H2,(H,20,21). The first-order valence-electron chi connectivity index (χ1n) is 6.73. The van der Waals surface area contributed by atoms with Crippen molar-refractivity contribution in [3.8, 4) is 5.75 Å². The van der Waals surface area contributed by atoms with E-state index in [2.05, 4.69) is 10.1 Å². The van der Waals surface area contributed by atoms with Gasteiger partial charge in [-0.15, -0.1) is 0 Å². The minimum Gasteiger partial charge on any atom is -0.482 e. The summed E-state index contributed by atoms with van der Waals surface area (Å²) in [7, 11) is 0. The predicted molar refractivity (Wildman–Crippen MR) is 82.9 cm³/mol. The van der Waals surface area contributed by atoms with E-state index in [0.717, 1.165) is 6.07 Å². The molecule has 0 saturated carbocycles. The zero-order valence-electron chi connectivity index (χ0n) is 12.2. The molecule has 2 rings (SSSR count). The van der Waals surface area contributed by atoms with Gasteiger partial charge in [0.05, 0.1) is 5.69 Å². The van der Waals surface area contributed by atoms with Gasteiger partial charge in [0.2, 0.25) is 0 Å². The van der Waals surface area contributed by atoms with E-state index < -0.39 is 36.7 Å². The molecule has 0 bridgehead atoms. The quantitative estimate of drug-likeness (QED) is 0.808. The number of halogens is 3. The van der Waals surface area contributed by atoms with Gasteiger partial charge in [0.1, 0.15) is 17.4 Å². The molecule has 0 aliphatic rings. The van der Waals surface area contributed by atoms with Crippen molar-refractivity contribution in [2.45, 2.75) is 0 Å². The Morgan fingerprint density at radius 2 is 1.75 bits per heavy atom. The molecule has 0 radical (unpaired) electrons. The summed E-state index contributed by atoms with van der Waals surface area (Å²) < 4.78 is 35.9. The zero-order valence-corrected chi connectivity index (χ0v) is 13.0. The third-order valence-electron chi connectivity index (χ3n) is 2.74. The van der Waals surface area contributed by atoms with Crippen molar-refractivity contribution in [2.24, 2.45) is 0 Å². The van der Waals surface area contributed by atoms with Crippen molar-refractivity contribution < 1.29 is 27.8 Å². The number of hydrogen-bond donors (Lipinski definition) is 1. The Balaban J connectivity index is 1.75. The highest BCUT2D eigenvalue weighted by molar-refractivity contribution is 6.30. The van der Waals surface area contributed by atoms with Crippen molar-refractivity contribution in [3.63, 3.8) is 0 Å². The third-order valence-corrected chi connectivity index (χ3v) is 2.97. The summed E-state index contributed by atoms with van der Waals surface area (Å²) in [6.45, 7) is -1.07. The summed E-state index contributed by atoms with van der Waals surface area (Å²) in [5.74, 6) is -2.36. The van der Waals surface area contributed by atoms with Crippen LogP contribution in [0.5, 0.6) is 5.75 Å². The average molecular weight is 356 g/mol. The summed E-state index contributed by atoms with van der Waals surface area (Å²) in [5, 5.41) is 2.47. The van der Waals surface area contributed by atoms with Gasteiger partial charge in [0, 0.05) is 5.02 Å². The summed E-state index contributed by atoms with van der Waals surface area (Å²) in [5.41, 5.74) is -0.119. The maximum absolute atomic E-state index is 13.4. The Labute approximate surface area is 141 Å². The fourth-order valence-corrected chi connectivity index (χ4v) is 1.81. The number of benzene rings is 2. The second kappa shape index (κ2) is 8.26. The molecule has 2 aromatic rings. The maximum Gasteiger partial charge on any atom is 0.344 e. The highest BCUT2D eigenvalue weighted by atomic mass is 35.5. The number of carbonyl (C=O) groups is 2. The Hall–Kier alpha value is -2.67. The van der Waals surface area contributed by atoms with Gasteiger partial charge >= 0.3 is 5.97 Å². The van der Waals surface area contributed by atoms with Crippen LogP contribution in [0.3, 0.4) is 0 Å². The van der Waals surface area contributed by atoms with Gasteiger partial charge in [-0.25, -0.2) is 13.6 Å². The molecule has 126 valence electrons. The average Bonchev–Trinajstić information content (AvgIpc) is 2.56. The molecule has 0 aliphatic heterocycles. The van der Waals surface area contributed by atoms with E-state index in [0.29, 0.717) is 0 Å². The number of hydrogen-bond acceptors (Lipinski definition) is 4. The minimum atomic E-state index is -0.805. The van der Waals surface area contributed by atoms with Gasteiger partial charge in [0.15, 0.2) is 13.2 Å². The van der Waals surface area contributed by atoms with Crippen LogP contribution in [-0.4, -0.2) is 25.1 Å². The van der Waals surface area contributed by atoms with Crippen LogP contribution in [0, 0.1) is 11.6 Å². The van der Waals surface area contributed by atoms with Crippen molar-refractivity contribution >= 4 is 29.2 Å². The second-order valence-electron chi connectivity index (χ2n) is 4.58. The van der Waals surface area contributed by atoms with Gasteiger partial charge in [-0.1, -0.05) is 11.6 Å². The number of nitrogens with one attached hydrogen (secondary N) is 1. The highest BCUT2D eigenvalue weighted by Gasteiger charge is 2.11. The minimum absolute atomic E-state index is 0.119. The fraction of sp³-hybridized carbons (Fsp3) is 0.125. The van der Waals surface area contributed by atoms with Crippen LogP contribution in [0.1, 0.15) is 0 Å². The topological polar surface area (TPSA) is 64.6 Å². The van der Waals surface area contributed by atoms with E-state index >= 15 is 0 Å². The summed E-state index contributed by atoms with van der Waals surface area (Å²) >= 11 is 5.69. The van der Waals surface area contributed by atoms with E-state index in [9.17, 15) is 18.4 Å². The van der Waals surface area contributed by atoms with Crippen molar-refractivity contribution in [1.29, 1.82) is 0 Å². The molecule has 0 saturated heterocycles. The van der Waals surface area contributed by atoms with Crippen LogP contribution in [0.4, 0.5) is 14.5 Å². The molecule has 0 atom stereocenters. The van der Waals surface area contributed by atoms with Crippen LogP contribution in [0.25, 0.3) is 0 Å². The summed E-state index contributed by atoms with van der Waals surface area (Å²) in [6.07, 6.45) is 0. The van der Waals surface area contributed by atoms with E-state index in [4.69, 9.17) is 16.3 Å². The highest BCUT2D eigenvalue weighted by Crippen LogP contribution is 2.19. The molecule has 2 aromatic carbocycles. The van der Waals surface area contributed by atoms with E-state index in [1.165, 1.54) is 36.4 Å². The number of carbonyl (C=O) groups excluding carboxylic acids is 2. The first-order chi connectivity index (χ1) is 11.4. The number of ether oxygens (including phenoxy) is 2. The van der Waals surface area contributed by atoms with Gasteiger partial charge in [0.25, 0.3) is 5.91 Å². The molecule has 0 heterocycles. The Morgan fingerprint density at radius 1 is 1.04 bits per heavy atom. The predicted octanol–water partition coefficient (Wildman–Crippen LogP) is 3.18. The lowest BCUT2D eigenvalue weighted by atomic mass is 10.3. The Morgan fingerprint density at radius 3 is 2.46 bits per heavy atom. The van der Waals surface area contributed by atoms with Crippen LogP contribution >= 0.6 is 11.6 Å². The molecule has 0 aliphatic carbocycles. The van der Waals surface area contributed by atoms with Gasteiger partial charge < -0.3 is 14.8 Å². The third kappa shape index (κ3) is 5.51. The Kier molecular flexibility index (Phi) is 6.08. The monoisotopic (exact) mass is 355 g/mol. The molecular formula is C16H12ClF2NO4. The molecule has 24 heavy (non-hydrogen) atoms. The molecule has 8 heteroatoms. The Bertz CT molecular complexity index is 737. The zero-order chi connectivity index (χ0) is 17.5. The molecule has 0 unspecified atom stereocenters. The molecule has 5 nitrogen and oxygen atoms in total. The molecule has 1 N–H and O–H groups in total. The summed E-state index contributed by atoms with van der Waals surface area (Å²) in [6, 6.07) is 8.70. The van der Waals surface area contributed by atoms with Crippen LogP contribution in [-0.2, 0) is 14.3 Å². The lowest BCUT2D eigenvalue weighted by Gasteiger charge is -2.08. The number of rotatable bonds is 6. The molecule has 0 spiro atoms. The normalized spacial score (nSPS) is 10.1. The van der Waals surface area contributed by atoms with Gasteiger partial charge in [-0.05, 0) is 42.5 Å². The number of amides is 1. The van der Waals surface area contributed by atoms with Crippen LogP contribution in [0.2, 0.25) is 5.02 Å². The van der Waals surface area contributed by atoms with Crippen molar-refractivity contribution in [2.75, 3.05) is 18.5 Å². The lowest BCUT2D eigenvalue weighted by molar-refractivity contribution is -0.149. The first kappa shape index (κ1) is 17.7. The number of anilines is 1. The largest absolute Gasteiger partial charge is 0.482 e. The molecule has 0 aromatic heterocycles. The molecular weight excluding hydrogens is 344 g/mol. The maximum atomic E-state index is 13.4. The smallest absolute Gasteiger partial charge is 0.344 e. The lowest BCUT2D eigenvalue weighted by Crippen LogP contribution is -2.24. The van der Waals surface area contributed by atoms with E-state index in [1.54, 1.807) is 0 Å². The van der Waals surface area contributed by atoms with Gasteiger partial charge in [-0.2, -0.15) is 0 Å². The van der Waals surface area contributed by atoms with Crippen molar-refractivity contribution in [1.82, 2.24) is 0 Å². The second-order valence-corrected chi connectivity index (χ2v) is 5.01. The van der Waals surface area contributed by atoms with Crippen molar-refractivity contribution in [3.05, 3.63) is 59.1 Å². The SMILES string of the molecule is O=C(COC(=O)COc1ccc(F)cc1)Nc1cc(Cl)ccc1F.